The number of ketones is 1. The number of nitrogens with zero attached hydrogens (tertiary/aromatic N) is 1. The molecule has 0 aliphatic carbocycles. The number of piperidine rings is 1. The minimum atomic E-state index is -0.460. The summed E-state index contributed by atoms with van der Waals surface area (Å²) in [6.45, 7) is 4.07. The van der Waals surface area contributed by atoms with Gasteiger partial charge in [-0.15, -0.1) is 0 Å². The summed E-state index contributed by atoms with van der Waals surface area (Å²) >= 11 is 0. The van der Waals surface area contributed by atoms with E-state index >= 15 is 0 Å². The van der Waals surface area contributed by atoms with Crippen LogP contribution in [-0.2, 0) is 9.59 Å². The highest BCUT2D eigenvalue weighted by atomic mass is 16.2. The summed E-state index contributed by atoms with van der Waals surface area (Å²) in [7, 11) is 2.08. The largest absolute Gasteiger partial charge is 0.349 e. The van der Waals surface area contributed by atoms with Gasteiger partial charge < -0.3 is 10.2 Å². The van der Waals surface area contributed by atoms with Crippen LogP contribution in [0.25, 0.3) is 0 Å². The fourth-order valence-electron chi connectivity index (χ4n) is 1.80. The number of likely N-dealkylation sites (tertiary alicyclic amines) is 1. The van der Waals surface area contributed by atoms with Crippen molar-refractivity contribution < 1.29 is 9.59 Å². The van der Waals surface area contributed by atoms with Gasteiger partial charge in [-0.25, -0.2) is 0 Å². The highest BCUT2D eigenvalue weighted by Crippen LogP contribution is 2.13. The van der Waals surface area contributed by atoms with Gasteiger partial charge >= 0.3 is 0 Å². The number of hydrogen-bond donors (Lipinski definition) is 1. The molecule has 0 radical (unpaired) electrons. The summed E-state index contributed by atoms with van der Waals surface area (Å²) in [5, 5.41) is 2.66. The van der Waals surface area contributed by atoms with Crippen LogP contribution in [0.4, 0.5) is 0 Å². The number of rotatable bonds is 3. The fraction of sp³-hybridized carbons (Fsp3) is 0.800. The number of carbonyl (C=O) groups excluding carboxylic acids is 2. The maximum Gasteiger partial charge on any atom is 0.287 e. The van der Waals surface area contributed by atoms with E-state index in [1.165, 1.54) is 13.3 Å². The molecule has 1 N–H and O–H groups in total. The van der Waals surface area contributed by atoms with Crippen molar-refractivity contribution in [3.8, 4) is 0 Å². The summed E-state index contributed by atoms with van der Waals surface area (Å²) in [5.74, 6) is -0.371. The second-order valence-electron chi connectivity index (χ2n) is 4.04. The van der Waals surface area contributed by atoms with Crippen molar-refractivity contribution in [1.82, 2.24) is 10.2 Å². The van der Waals surface area contributed by atoms with Crippen LogP contribution in [-0.4, -0.2) is 43.3 Å². The van der Waals surface area contributed by atoms with Gasteiger partial charge in [-0.3, -0.25) is 9.59 Å². The van der Waals surface area contributed by atoms with Crippen molar-refractivity contribution in [2.24, 2.45) is 5.92 Å². The Balaban J connectivity index is 2.24. The van der Waals surface area contributed by atoms with Crippen molar-refractivity contribution in [1.29, 1.82) is 0 Å². The topological polar surface area (TPSA) is 49.4 Å². The SMILES string of the molecule is CC(=O)C(=O)NCC1CCCN(C)C1. The van der Waals surface area contributed by atoms with Gasteiger partial charge in [-0.1, -0.05) is 0 Å². The zero-order chi connectivity index (χ0) is 10.6. The normalized spacial score (nSPS) is 23.1. The maximum absolute atomic E-state index is 11.0. The summed E-state index contributed by atoms with van der Waals surface area (Å²) in [6.07, 6.45) is 2.32. The molecular weight excluding hydrogens is 180 g/mol. The average Bonchev–Trinajstić information content (AvgIpc) is 2.14. The molecule has 4 nitrogen and oxygen atoms in total. The molecule has 0 bridgehead atoms. The van der Waals surface area contributed by atoms with E-state index in [0.29, 0.717) is 12.5 Å². The van der Waals surface area contributed by atoms with Crippen molar-refractivity contribution >= 4 is 11.7 Å². The van der Waals surface area contributed by atoms with Gasteiger partial charge in [0.05, 0.1) is 0 Å². The predicted octanol–water partition coefficient (Wildman–Crippen LogP) is 0.0334. The first kappa shape index (κ1) is 11.2. The molecule has 1 amide bonds. The van der Waals surface area contributed by atoms with Crippen LogP contribution in [0.1, 0.15) is 19.8 Å². The zero-order valence-corrected chi connectivity index (χ0v) is 8.88. The quantitative estimate of drug-likeness (QED) is 0.651. The van der Waals surface area contributed by atoms with Crippen LogP contribution < -0.4 is 5.32 Å². The summed E-state index contributed by atoms with van der Waals surface area (Å²) in [6, 6.07) is 0. The molecular formula is C10H18N2O2. The summed E-state index contributed by atoms with van der Waals surface area (Å²) in [5.41, 5.74) is 0. The lowest BCUT2D eigenvalue weighted by Crippen LogP contribution is -2.40. The molecule has 1 aliphatic heterocycles. The summed E-state index contributed by atoms with van der Waals surface area (Å²) < 4.78 is 0. The van der Waals surface area contributed by atoms with Crippen LogP contribution >= 0.6 is 0 Å². The van der Waals surface area contributed by atoms with Crippen LogP contribution in [0.5, 0.6) is 0 Å². The molecule has 1 aliphatic rings. The minimum absolute atomic E-state index is 0.408. The van der Waals surface area contributed by atoms with Gasteiger partial charge in [0.2, 0.25) is 5.78 Å². The Labute approximate surface area is 84.7 Å². The lowest BCUT2D eigenvalue weighted by atomic mass is 9.98. The highest BCUT2D eigenvalue weighted by Gasteiger charge is 2.18. The summed E-state index contributed by atoms with van der Waals surface area (Å²) in [4.78, 5) is 23.9. The molecule has 0 spiro atoms. The van der Waals surface area contributed by atoms with Gasteiger partial charge in [0, 0.05) is 20.0 Å². The minimum Gasteiger partial charge on any atom is -0.349 e. The molecule has 1 atom stereocenters. The van der Waals surface area contributed by atoms with Crippen LogP contribution in [0.15, 0.2) is 0 Å². The second-order valence-corrected chi connectivity index (χ2v) is 4.04. The number of hydrogen-bond acceptors (Lipinski definition) is 3. The molecule has 1 rings (SSSR count). The number of carbonyl (C=O) groups is 2. The van der Waals surface area contributed by atoms with Crippen molar-refractivity contribution in [2.75, 3.05) is 26.7 Å². The smallest absolute Gasteiger partial charge is 0.287 e. The Kier molecular flexibility index (Phi) is 4.07. The van der Waals surface area contributed by atoms with Gasteiger partial charge in [-0.05, 0) is 32.4 Å². The molecule has 4 heteroatoms. The third kappa shape index (κ3) is 3.46. The Morgan fingerprint density at radius 3 is 2.79 bits per heavy atom. The number of amides is 1. The Bertz CT molecular complexity index is 228. The maximum atomic E-state index is 11.0. The van der Waals surface area contributed by atoms with E-state index in [9.17, 15) is 9.59 Å². The molecule has 0 aromatic rings. The third-order valence-electron chi connectivity index (χ3n) is 2.59. The number of Topliss-reactive ketones (excluding diaryl/α,β-unsaturated/α-hetero) is 1. The van der Waals surface area contributed by atoms with E-state index in [0.717, 1.165) is 19.5 Å². The number of nitrogens with one attached hydrogen (secondary N) is 1. The molecule has 0 aromatic carbocycles. The Hall–Kier alpha value is -0.900. The Morgan fingerprint density at radius 2 is 2.21 bits per heavy atom. The highest BCUT2D eigenvalue weighted by molar-refractivity contribution is 6.35. The Morgan fingerprint density at radius 1 is 1.50 bits per heavy atom. The molecule has 1 fully saturated rings. The van der Waals surface area contributed by atoms with Crippen LogP contribution in [0.3, 0.4) is 0 Å². The molecule has 14 heavy (non-hydrogen) atoms. The van der Waals surface area contributed by atoms with Gasteiger partial charge in [-0.2, -0.15) is 0 Å². The van der Waals surface area contributed by atoms with Gasteiger partial charge in [0.1, 0.15) is 0 Å². The lowest BCUT2D eigenvalue weighted by Gasteiger charge is -2.29. The molecule has 1 heterocycles. The van der Waals surface area contributed by atoms with E-state index in [1.54, 1.807) is 0 Å². The standard InChI is InChI=1S/C10H18N2O2/c1-8(13)10(14)11-6-9-4-3-5-12(2)7-9/h9H,3-7H2,1-2H3,(H,11,14). The van der Waals surface area contributed by atoms with E-state index in [4.69, 9.17) is 0 Å². The monoisotopic (exact) mass is 198 g/mol. The van der Waals surface area contributed by atoms with E-state index < -0.39 is 11.7 Å². The second kappa shape index (κ2) is 5.10. The first-order valence-corrected chi connectivity index (χ1v) is 5.07. The van der Waals surface area contributed by atoms with Crippen LogP contribution in [0.2, 0.25) is 0 Å². The van der Waals surface area contributed by atoms with Crippen molar-refractivity contribution in [3.63, 3.8) is 0 Å². The predicted molar refractivity (Wildman–Crippen MR) is 53.9 cm³/mol. The van der Waals surface area contributed by atoms with E-state index in [-0.39, 0.29) is 0 Å². The fourth-order valence-corrected chi connectivity index (χ4v) is 1.80. The van der Waals surface area contributed by atoms with Crippen molar-refractivity contribution in [3.05, 3.63) is 0 Å². The third-order valence-corrected chi connectivity index (χ3v) is 2.59. The first-order chi connectivity index (χ1) is 6.59. The molecule has 0 aromatic heterocycles. The van der Waals surface area contributed by atoms with Gasteiger partial charge in [0.25, 0.3) is 5.91 Å². The zero-order valence-electron chi connectivity index (χ0n) is 8.88. The van der Waals surface area contributed by atoms with Crippen molar-refractivity contribution in [2.45, 2.75) is 19.8 Å². The molecule has 1 saturated heterocycles. The average molecular weight is 198 g/mol. The molecule has 1 unspecified atom stereocenters. The van der Waals surface area contributed by atoms with Gasteiger partial charge in [0.15, 0.2) is 0 Å². The molecule has 80 valence electrons. The van der Waals surface area contributed by atoms with Crippen LogP contribution in [0, 0.1) is 5.92 Å². The lowest BCUT2D eigenvalue weighted by molar-refractivity contribution is -0.136. The first-order valence-electron chi connectivity index (χ1n) is 5.07. The van der Waals surface area contributed by atoms with E-state index in [1.807, 2.05) is 0 Å². The molecule has 0 saturated carbocycles. The van der Waals surface area contributed by atoms with E-state index in [2.05, 4.69) is 17.3 Å².